The SMILES string of the molecule is COc1ccc(N(Cc2ccnc(N)c2)C(=O)NCCCn2cncc2C)cc1OC. The fourth-order valence-corrected chi connectivity index (χ4v) is 3.21. The van der Waals surface area contributed by atoms with Crippen LogP contribution in [0.15, 0.2) is 49.1 Å². The highest BCUT2D eigenvalue weighted by Crippen LogP contribution is 2.32. The second-order valence-corrected chi connectivity index (χ2v) is 7.03. The Morgan fingerprint density at radius 1 is 1.19 bits per heavy atom. The molecule has 3 N–H and O–H groups in total. The number of methoxy groups -OCH3 is 2. The van der Waals surface area contributed by atoms with E-state index in [1.807, 2.05) is 25.3 Å². The number of aryl methyl sites for hydroxylation is 2. The zero-order valence-electron chi connectivity index (χ0n) is 18.0. The Morgan fingerprint density at radius 3 is 2.68 bits per heavy atom. The molecule has 9 nitrogen and oxygen atoms in total. The predicted molar refractivity (Wildman–Crippen MR) is 119 cm³/mol. The van der Waals surface area contributed by atoms with Crippen molar-refractivity contribution in [3.63, 3.8) is 0 Å². The first-order valence-corrected chi connectivity index (χ1v) is 9.96. The van der Waals surface area contributed by atoms with Gasteiger partial charge in [0.25, 0.3) is 0 Å². The van der Waals surface area contributed by atoms with E-state index in [-0.39, 0.29) is 6.03 Å². The minimum absolute atomic E-state index is 0.218. The zero-order valence-corrected chi connectivity index (χ0v) is 18.0. The molecule has 0 aliphatic carbocycles. The molecule has 31 heavy (non-hydrogen) atoms. The van der Waals surface area contributed by atoms with Crippen LogP contribution in [0.5, 0.6) is 11.5 Å². The number of urea groups is 1. The Morgan fingerprint density at radius 2 is 2.00 bits per heavy atom. The van der Waals surface area contributed by atoms with E-state index in [2.05, 4.69) is 19.9 Å². The summed E-state index contributed by atoms with van der Waals surface area (Å²) in [5, 5.41) is 3.00. The van der Waals surface area contributed by atoms with Gasteiger partial charge in [0.05, 0.1) is 27.1 Å². The third kappa shape index (κ3) is 5.65. The van der Waals surface area contributed by atoms with Gasteiger partial charge in [0.2, 0.25) is 0 Å². The van der Waals surface area contributed by atoms with E-state index in [1.165, 1.54) is 0 Å². The van der Waals surface area contributed by atoms with Gasteiger partial charge in [-0.05, 0) is 43.2 Å². The van der Waals surface area contributed by atoms with Crippen molar-refractivity contribution in [1.82, 2.24) is 19.9 Å². The van der Waals surface area contributed by atoms with Crippen LogP contribution in [0.2, 0.25) is 0 Å². The number of nitrogens with one attached hydrogen (secondary N) is 1. The van der Waals surface area contributed by atoms with Crippen LogP contribution in [0.25, 0.3) is 0 Å². The second-order valence-electron chi connectivity index (χ2n) is 7.03. The molecule has 3 aromatic rings. The monoisotopic (exact) mass is 424 g/mol. The van der Waals surface area contributed by atoms with Crippen molar-refractivity contribution in [3.8, 4) is 11.5 Å². The molecule has 0 aliphatic rings. The summed E-state index contributed by atoms with van der Waals surface area (Å²) in [6.45, 7) is 3.64. The van der Waals surface area contributed by atoms with E-state index in [1.54, 1.807) is 49.8 Å². The molecule has 0 radical (unpaired) electrons. The van der Waals surface area contributed by atoms with Crippen molar-refractivity contribution < 1.29 is 14.3 Å². The fraction of sp³-hybridized carbons (Fsp3) is 0.318. The predicted octanol–water partition coefficient (Wildman–Crippen LogP) is 2.99. The van der Waals surface area contributed by atoms with Gasteiger partial charge < -0.3 is 25.1 Å². The highest BCUT2D eigenvalue weighted by atomic mass is 16.5. The molecule has 9 heteroatoms. The maximum absolute atomic E-state index is 13.1. The van der Waals surface area contributed by atoms with Crippen LogP contribution < -0.4 is 25.4 Å². The van der Waals surface area contributed by atoms with E-state index in [4.69, 9.17) is 15.2 Å². The molecule has 2 heterocycles. The summed E-state index contributed by atoms with van der Waals surface area (Å²) in [6, 6.07) is 8.74. The van der Waals surface area contributed by atoms with Crippen molar-refractivity contribution in [2.75, 3.05) is 31.4 Å². The lowest BCUT2D eigenvalue weighted by molar-refractivity contribution is 0.245. The first kappa shape index (κ1) is 21.9. The van der Waals surface area contributed by atoms with Crippen molar-refractivity contribution in [2.24, 2.45) is 0 Å². The average molecular weight is 425 g/mol. The lowest BCUT2D eigenvalue weighted by atomic mass is 10.2. The van der Waals surface area contributed by atoms with Crippen LogP contribution in [0, 0.1) is 6.92 Å². The summed E-state index contributed by atoms with van der Waals surface area (Å²) in [5.74, 6) is 1.54. The number of carbonyl (C=O) groups is 1. The van der Waals surface area contributed by atoms with Crippen molar-refractivity contribution >= 4 is 17.5 Å². The topological polar surface area (TPSA) is 108 Å². The standard InChI is InChI=1S/C22H28N6O3/c1-16-13-24-15-27(16)10-4-8-26-22(29)28(14-17-7-9-25-21(23)11-17)18-5-6-19(30-2)20(12-18)31-3/h5-7,9,11-13,15H,4,8,10,14H2,1-3H3,(H2,23,25)(H,26,29). The number of hydrogen-bond acceptors (Lipinski definition) is 6. The summed E-state index contributed by atoms with van der Waals surface area (Å²) < 4.78 is 12.8. The van der Waals surface area contributed by atoms with E-state index in [0.717, 1.165) is 24.2 Å². The summed E-state index contributed by atoms with van der Waals surface area (Å²) in [4.78, 5) is 22.9. The van der Waals surface area contributed by atoms with Crippen LogP contribution in [-0.4, -0.2) is 41.3 Å². The van der Waals surface area contributed by atoms with Crippen LogP contribution in [0.4, 0.5) is 16.3 Å². The minimum Gasteiger partial charge on any atom is -0.493 e. The third-order valence-electron chi connectivity index (χ3n) is 4.88. The highest BCUT2D eigenvalue weighted by Gasteiger charge is 2.18. The molecule has 0 saturated heterocycles. The molecule has 0 fully saturated rings. The number of nitrogen functional groups attached to an aromatic ring is 1. The number of hydrogen-bond donors (Lipinski definition) is 2. The number of nitrogens with zero attached hydrogens (tertiary/aromatic N) is 4. The average Bonchev–Trinajstić information content (AvgIpc) is 3.19. The lowest BCUT2D eigenvalue weighted by Crippen LogP contribution is -2.40. The number of pyridine rings is 1. The molecular formula is C22H28N6O3. The van der Waals surface area contributed by atoms with Crippen LogP contribution in [0.1, 0.15) is 17.7 Å². The molecule has 2 amide bonds. The Kier molecular flexibility index (Phi) is 7.31. The number of amides is 2. The van der Waals surface area contributed by atoms with Gasteiger partial charge in [-0.1, -0.05) is 0 Å². The number of imidazole rings is 1. The highest BCUT2D eigenvalue weighted by molar-refractivity contribution is 5.92. The fourth-order valence-electron chi connectivity index (χ4n) is 3.21. The maximum Gasteiger partial charge on any atom is 0.322 e. The summed E-state index contributed by atoms with van der Waals surface area (Å²) in [5.41, 5.74) is 8.45. The Balaban J connectivity index is 1.74. The van der Waals surface area contributed by atoms with Gasteiger partial charge in [0.15, 0.2) is 11.5 Å². The molecule has 164 valence electrons. The molecule has 0 bridgehead atoms. The molecule has 3 rings (SSSR count). The van der Waals surface area contributed by atoms with Crippen molar-refractivity contribution in [1.29, 1.82) is 0 Å². The molecule has 0 aliphatic heterocycles. The van der Waals surface area contributed by atoms with E-state index in [0.29, 0.717) is 36.1 Å². The Bertz CT molecular complexity index is 1020. The molecule has 0 unspecified atom stereocenters. The van der Waals surface area contributed by atoms with Crippen molar-refractivity contribution in [2.45, 2.75) is 26.4 Å². The number of rotatable bonds is 9. The van der Waals surface area contributed by atoms with Gasteiger partial charge >= 0.3 is 6.03 Å². The number of aromatic nitrogens is 3. The van der Waals surface area contributed by atoms with Crippen LogP contribution in [-0.2, 0) is 13.1 Å². The molecule has 0 spiro atoms. The van der Waals surface area contributed by atoms with E-state index >= 15 is 0 Å². The van der Waals surface area contributed by atoms with Crippen molar-refractivity contribution in [3.05, 3.63) is 60.3 Å². The second kappa shape index (κ2) is 10.3. The summed E-state index contributed by atoms with van der Waals surface area (Å²) in [6.07, 6.45) is 6.02. The molecule has 0 atom stereocenters. The largest absolute Gasteiger partial charge is 0.493 e. The normalized spacial score (nSPS) is 10.5. The molecule has 1 aromatic carbocycles. The first-order chi connectivity index (χ1) is 15.0. The van der Waals surface area contributed by atoms with Gasteiger partial charge in [0.1, 0.15) is 5.82 Å². The van der Waals surface area contributed by atoms with Gasteiger partial charge in [-0.3, -0.25) is 4.90 Å². The number of carbonyl (C=O) groups excluding carboxylic acids is 1. The number of benzene rings is 1. The maximum atomic E-state index is 13.1. The van der Waals surface area contributed by atoms with Gasteiger partial charge in [-0.25, -0.2) is 14.8 Å². The van der Waals surface area contributed by atoms with Crippen LogP contribution in [0.3, 0.4) is 0 Å². The summed E-state index contributed by atoms with van der Waals surface area (Å²) in [7, 11) is 3.14. The first-order valence-electron chi connectivity index (χ1n) is 9.96. The number of nitrogens with two attached hydrogens (primary N) is 1. The lowest BCUT2D eigenvalue weighted by Gasteiger charge is -2.24. The zero-order chi connectivity index (χ0) is 22.2. The van der Waals surface area contributed by atoms with Gasteiger partial charge in [-0.2, -0.15) is 0 Å². The van der Waals surface area contributed by atoms with Gasteiger partial charge in [0, 0.05) is 42.9 Å². The van der Waals surface area contributed by atoms with Gasteiger partial charge in [-0.15, -0.1) is 0 Å². The number of anilines is 2. The smallest absolute Gasteiger partial charge is 0.322 e. The molecule has 0 saturated carbocycles. The number of ether oxygens (including phenoxy) is 2. The minimum atomic E-state index is -0.218. The van der Waals surface area contributed by atoms with E-state index < -0.39 is 0 Å². The summed E-state index contributed by atoms with van der Waals surface area (Å²) >= 11 is 0. The molecular weight excluding hydrogens is 396 g/mol. The molecule has 2 aromatic heterocycles. The Labute approximate surface area is 181 Å². The quantitative estimate of drug-likeness (QED) is 0.511. The van der Waals surface area contributed by atoms with E-state index in [9.17, 15) is 4.79 Å². The third-order valence-corrected chi connectivity index (χ3v) is 4.88. The Hall–Kier alpha value is -3.75. The van der Waals surface area contributed by atoms with Crippen LogP contribution >= 0.6 is 0 Å².